The number of aromatic nitrogens is 2. The van der Waals surface area contributed by atoms with Crippen molar-refractivity contribution in [2.75, 3.05) is 0 Å². The third-order valence-electron chi connectivity index (χ3n) is 2.35. The summed E-state index contributed by atoms with van der Waals surface area (Å²) in [6, 6.07) is 3.51. The second-order valence-corrected chi connectivity index (χ2v) is 5.14. The summed E-state index contributed by atoms with van der Waals surface area (Å²) in [6.45, 7) is 5.97. The highest BCUT2D eigenvalue weighted by molar-refractivity contribution is 6.30. The smallest absolute Gasteiger partial charge is 0.205 e. The average molecular weight is 238 g/mol. The average Bonchev–Trinajstić information content (AvgIpc) is 2.54. The SMILES string of the molecule is CC(C)(C)c1nc2ccc(Cl)cn2c1N=O. The highest BCUT2D eigenvalue weighted by Crippen LogP contribution is 2.32. The standard InChI is InChI=1S/C11H12ClN3O/c1-11(2,3)9-10(14-16)15-6-7(12)4-5-8(15)13-9/h4-6H,1-3H3. The van der Waals surface area contributed by atoms with E-state index < -0.39 is 0 Å². The first-order valence-electron chi connectivity index (χ1n) is 4.95. The van der Waals surface area contributed by atoms with Gasteiger partial charge in [-0.3, -0.25) is 4.40 Å². The summed E-state index contributed by atoms with van der Waals surface area (Å²) in [5, 5.41) is 3.61. The van der Waals surface area contributed by atoms with Gasteiger partial charge in [-0.25, -0.2) is 4.98 Å². The quantitative estimate of drug-likeness (QED) is 0.711. The Kier molecular flexibility index (Phi) is 2.46. The van der Waals surface area contributed by atoms with Crippen LogP contribution in [0.15, 0.2) is 23.5 Å². The van der Waals surface area contributed by atoms with Gasteiger partial charge in [-0.05, 0) is 17.3 Å². The van der Waals surface area contributed by atoms with Crippen LogP contribution in [-0.2, 0) is 5.41 Å². The van der Waals surface area contributed by atoms with Crippen molar-refractivity contribution < 1.29 is 0 Å². The van der Waals surface area contributed by atoms with Gasteiger partial charge in [-0.1, -0.05) is 32.4 Å². The van der Waals surface area contributed by atoms with Crippen LogP contribution < -0.4 is 0 Å². The van der Waals surface area contributed by atoms with Gasteiger partial charge in [0.25, 0.3) is 0 Å². The van der Waals surface area contributed by atoms with E-state index in [1.807, 2.05) is 20.8 Å². The van der Waals surface area contributed by atoms with Crippen LogP contribution in [0.2, 0.25) is 5.02 Å². The molecule has 0 spiro atoms. The second-order valence-electron chi connectivity index (χ2n) is 4.70. The summed E-state index contributed by atoms with van der Waals surface area (Å²) >= 11 is 5.88. The molecule has 2 rings (SSSR count). The maximum absolute atomic E-state index is 10.9. The van der Waals surface area contributed by atoms with Crippen molar-refractivity contribution in [2.24, 2.45) is 5.18 Å². The zero-order valence-corrected chi connectivity index (χ0v) is 10.1. The molecule has 0 fully saturated rings. The van der Waals surface area contributed by atoms with Crippen molar-refractivity contribution in [3.63, 3.8) is 0 Å². The lowest BCUT2D eigenvalue weighted by Gasteiger charge is -2.14. The van der Waals surface area contributed by atoms with E-state index in [1.165, 1.54) is 0 Å². The number of rotatable bonds is 1. The largest absolute Gasteiger partial charge is 0.280 e. The maximum atomic E-state index is 10.9. The van der Waals surface area contributed by atoms with Gasteiger partial charge < -0.3 is 0 Å². The first kappa shape index (κ1) is 11.1. The molecule has 0 aliphatic carbocycles. The van der Waals surface area contributed by atoms with Gasteiger partial charge in [-0.2, -0.15) is 0 Å². The third-order valence-corrected chi connectivity index (χ3v) is 2.58. The number of pyridine rings is 1. The Morgan fingerprint density at radius 2 is 2.06 bits per heavy atom. The Morgan fingerprint density at radius 3 is 2.62 bits per heavy atom. The van der Waals surface area contributed by atoms with Gasteiger partial charge in [0.15, 0.2) is 0 Å². The fourth-order valence-corrected chi connectivity index (χ4v) is 1.76. The number of imidazole rings is 1. The number of nitroso groups, excluding NO2 is 1. The molecule has 5 heteroatoms. The van der Waals surface area contributed by atoms with Gasteiger partial charge >= 0.3 is 0 Å². The topological polar surface area (TPSA) is 46.7 Å². The molecule has 0 N–H and O–H groups in total. The number of hydrogen-bond acceptors (Lipinski definition) is 3. The van der Waals surface area contributed by atoms with E-state index in [2.05, 4.69) is 10.2 Å². The van der Waals surface area contributed by atoms with Crippen LogP contribution in [0.4, 0.5) is 5.82 Å². The van der Waals surface area contributed by atoms with Gasteiger partial charge in [0.05, 0.1) is 10.7 Å². The molecule has 0 amide bonds. The summed E-state index contributed by atoms with van der Waals surface area (Å²) in [5.41, 5.74) is 1.15. The molecule has 2 aromatic heterocycles. The molecule has 0 radical (unpaired) electrons. The van der Waals surface area contributed by atoms with Gasteiger partial charge in [0.2, 0.25) is 5.82 Å². The maximum Gasteiger partial charge on any atom is 0.205 e. The summed E-state index contributed by atoms with van der Waals surface area (Å²) in [7, 11) is 0. The summed E-state index contributed by atoms with van der Waals surface area (Å²) in [5.74, 6) is 0.324. The molecule has 0 bridgehead atoms. The van der Waals surface area contributed by atoms with E-state index in [9.17, 15) is 4.91 Å². The number of hydrogen-bond donors (Lipinski definition) is 0. The first-order chi connectivity index (χ1) is 7.43. The summed E-state index contributed by atoms with van der Waals surface area (Å²) in [4.78, 5) is 15.3. The molecule has 0 aliphatic rings. The zero-order chi connectivity index (χ0) is 11.9. The third kappa shape index (κ3) is 1.69. The van der Waals surface area contributed by atoms with Crippen LogP contribution in [-0.4, -0.2) is 9.38 Å². The number of nitrogens with zero attached hydrogens (tertiary/aromatic N) is 3. The molecule has 0 unspecified atom stereocenters. The van der Waals surface area contributed by atoms with Crippen LogP contribution in [0.25, 0.3) is 5.65 Å². The van der Waals surface area contributed by atoms with Gasteiger partial charge in [-0.15, -0.1) is 4.91 Å². The summed E-state index contributed by atoms with van der Waals surface area (Å²) < 4.78 is 1.62. The van der Waals surface area contributed by atoms with E-state index in [0.29, 0.717) is 22.2 Å². The number of halogens is 1. The molecular weight excluding hydrogens is 226 g/mol. The molecule has 0 atom stereocenters. The fourth-order valence-electron chi connectivity index (χ4n) is 1.60. The Balaban J connectivity index is 2.82. The van der Waals surface area contributed by atoms with E-state index in [1.54, 1.807) is 22.7 Å². The van der Waals surface area contributed by atoms with Crippen molar-refractivity contribution in [2.45, 2.75) is 26.2 Å². The Bertz CT molecular complexity index is 554. The van der Waals surface area contributed by atoms with Crippen molar-refractivity contribution >= 4 is 23.1 Å². The molecule has 0 aliphatic heterocycles. The predicted octanol–water partition coefficient (Wildman–Crippen LogP) is 3.68. The highest BCUT2D eigenvalue weighted by Gasteiger charge is 2.24. The Morgan fingerprint density at radius 1 is 1.38 bits per heavy atom. The van der Waals surface area contributed by atoms with E-state index >= 15 is 0 Å². The molecule has 84 valence electrons. The van der Waals surface area contributed by atoms with Crippen LogP contribution in [0.1, 0.15) is 26.5 Å². The fraction of sp³-hybridized carbons (Fsp3) is 0.364. The van der Waals surface area contributed by atoms with E-state index in [-0.39, 0.29) is 5.41 Å². The lowest BCUT2D eigenvalue weighted by Crippen LogP contribution is -2.11. The van der Waals surface area contributed by atoms with E-state index in [4.69, 9.17) is 11.6 Å². The predicted molar refractivity (Wildman–Crippen MR) is 64.4 cm³/mol. The van der Waals surface area contributed by atoms with Gasteiger partial charge in [0.1, 0.15) is 5.65 Å². The normalized spacial score (nSPS) is 12.0. The highest BCUT2D eigenvalue weighted by atomic mass is 35.5. The minimum atomic E-state index is -0.220. The van der Waals surface area contributed by atoms with E-state index in [0.717, 1.165) is 0 Å². The lowest BCUT2D eigenvalue weighted by molar-refractivity contribution is 0.574. The van der Waals surface area contributed by atoms with Crippen molar-refractivity contribution in [3.05, 3.63) is 34.0 Å². The molecule has 16 heavy (non-hydrogen) atoms. The Hall–Kier alpha value is -1.42. The van der Waals surface area contributed by atoms with Crippen LogP contribution >= 0.6 is 11.6 Å². The molecule has 0 saturated heterocycles. The van der Waals surface area contributed by atoms with Crippen molar-refractivity contribution in [3.8, 4) is 0 Å². The van der Waals surface area contributed by atoms with Crippen molar-refractivity contribution in [1.29, 1.82) is 0 Å². The minimum absolute atomic E-state index is 0.220. The van der Waals surface area contributed by atoms with Crippen LogP contribution in [0, 0.1) is 4.91 Å². The zero-order valence-electron chi connectivity index (χ0n) is 9.36. The molecule has 2 heterocycles. The van der Waals surface area contributed by atoms with Gasteiger partial charge in [0, 0.05) is 11.6 Å². The number of fused-ring (bicyclic) bond motifs is 1. The first-order valence-corrected chi connectivity index (χ1v) is 5.33. The minimum Gasteiger partial charge on any atom is -0.280 e. The molecule has 0 saturated carbocycles. The molecule has 2 aromatic rings. The Labute approximate surface area is 98.2 Å². The van der Waals surface area contributed by atoms with Crippen LogP contribution in [0.3, 0.4) is 0 Å². The van der Waals surface area contributed by atoms with Crippen molar-refractivity contribution in [1.82, 2.24) is 9.38 Å². The lowest BCUT2D eigenvalue weighted by atomic mass is 9.92. The second kappa shape index (κ2) is 3.56. The monoisotopic (exact) mass is 237 g/mol. The summed E-state index contributed by atoms with van der Waals surface area (Å²) in [6.07, 6.45) is 1.65. The molecular formula is C11H12ClN3O. The molecule has 0 aromatic carbocycles. The molecule has 4 nitrogen and oxygen atoms in total. The van der Waals surface area contributed by atoms with Crippen LogP contribution in [0.5, 0.6) is 0 Å².